The highest BCUT2D eigenvalue weighted by atomic mass is 35.5. The zero-order chi connectivity index (χ0) is 67.9. The fourth-order valence-corrected chi connectivity index (χ4v) is 12.3. The van der Waals surface area contributed by atoms with Crippen molar-refractivity contribution in [2.75, 3.05) is 59.5 Å². The molecule has 0 bridgehead atoms. The number of aromatic nitrogens is 2. The smallest absolute Gasteiger partial charge is 0.410 e. The molecular formula is C72H63Cl7N6O12. The molecule has 3 amide bonds. The maximum Gasteiger partial charge on any atom is 0.410 e. The number of methoxy groups -OCH3 is 1. The van der Waals surface area contributed by atoms with Crippen molar-refractivity contribution in [1.29, 1.82) is 0 Å². The number of nitrogens with zero attached hydrogens (tertiary/aromatic N) is 5. The Kier molecular flexibility index (Phi) is 23.1. The van der Waals surface area contributed by atoms with Crippen LogP contribution in [0.15, 0.2) is 118 Å². The van der Waals surface area contributed by atoms with Crippen LogP contribution < -0.4 is 14.8 Å². The van der Waals surface area contributed by atoms with E-state index in [0.717, 1.165) is 48.3 Å². The molecule has 97 heavy (non-hydrogen) atoms. The van der Waals surface area contributed by atoms with Gasteiger partial charge >= 0.3 is 18.0 Å². The van der Waals surface area contributed by atoms with Crippen LogP contribution >= 0.6 is 82.0 Å². The Bertz CT molecular complexity index is 4430. The van der Waals surface area contributed by atoms with Crippen LogP contribution in [0.1, 0.15) is 145 Å². The molecule has 0 radical (unpaired) electrons. The fourth-order valence-electron chi connectivity index (χ4n) is 10.7. The second-order valence-corrected chi connectivity index (χ2v) is 26.5. The van der Waals surface area contributed by atoms with Crippen molar-refractivity contribution in [2.24, 2.45) is 0 Å². The molecule has 4 aliphatic rings. The van der Waals surface area contributed by atoms with E-state index in [2.05, 4.69) is 39.3 Å². The van der Waals surface area contributed by atoms with Crippen LogP contribution in [0.2, 0.25) is 30.1 Å². The van der Waals surface area contributed by atoms with E-state index < -0.39 is 23.6 Å². The lowest BCUT2D eigenvalue weighted by Crippen LogP contribution is -2.51. The zero-order valence-corrected chi connectivity index (χ0v) is 58.1. The van der Waals surface area contributed by atoms with Gasteiger partial charge < -0.3 is 53.1 Å². The molecule has 6 aromatic carbocycles. The number of halogens is 7. The van der Waals surface area contributed by atoms with Crippen LogP contribution in [-0.2, 0) is 22.7 Å². The summed E-state index contributed by atoms with van der Waals surface area (Å²) in [5.74, 6) is 12.9. The van der Waals surface area contributed by atoms with E-state index in [1.165, 1.54) is 25.3 Å². The molecular weight excluding hydrogens is 1390 g/mol. The van der Waals surface area contributed by atoms with Crippen molar-refractivity contribution in [3.63, 3.8) is 0 Å². The van der Waals surface area contributed by atoms with E-state index in [1.807, 2.05) is 0 Å². The Hall–Kier alpha value is -8.40. The summed E-state index contributed by atoms with van der Waals surface area (Å²) in [6.45, 7) is 9.46. The molecule has 2 aliphatic heterocycles. The number of carboxylic acids is 1. The highest BCUT2D eigenvalue weighted by Gasteiger charge is 2.36. The minimum Gasteiger partial charge on any atom is -0.489 e. The lowest BCUT2D eigenvalue weighted by Gasteiger charge is -2.35. The normalized spacial score (nSPS) is 14.3. The summed E-state index contributed by atoms with van der Waals surface area (Å²) in [6.07, 6.45) is 3.61. The average Bonchev–Trinajstić information content (AvgIpc) is 1.66. The van der Waals surface area contributed by atoms with Crippen molar-refractivity contribution < 1.29 is 57.1 Å². The Morgan fingerprint density at radius 2 is 0.959 bits per heavy atom. The van der Waals surface area contributed by atoms with Gasteiger partial charge in [0.15, 0.2) is 0 Å². The second-order valence-electron chi connectivity index (χ2n) is 24.0. The summed E-state index contributed by atoms with van der Waals surface area (Å²) in [5, 5.41) is 24.0. The Morgan fingerprint density at radius 3 is 1.37 bits per heavy atom. The topological polar surface area (TPSA) is 216 Å². The minimum absolute atomic E-state index is 0. The molecule has 502 valence electrons. The second kappa shape index (κ2) is 31.4. The maximum atomic E-state index is 13.6. The number of esters is 1. The quantitative estimate of drug-likeness (QED) is 0.0765. The number of carbonyl (C=O) groups excluding carboxylic acids is 4. The van der Waals surface area contributed by atoms with Crippen LogP contribution in [0.5, 0.6) is 11.5 Å². The summed E-state index contributed by atoms with van der Waals surface area (Å²) in [7, 11) is 1.27. The number of carbonyl (C=O) groups is 5. The molecule has 8 aromatic rings. The number of hydrogen-bond donors (Lipinski definition) is 2. The maximum absolute atomic E-state index is 13.6. The molecule has 2 saturated carbocycles. The van der Waals surface area contributed by atoms with Crippen LogP contribution in [0.25, 0.3) is 22.5 Å². The van der Waals surface area contributed by atoms with Crippen molar-refractivity contribution >= 4 is 112 Å². The molecule has 18 nitrogen and oxygen atoms in total. The van der Waals surface area contributed by atoms with E-state index in [1.54, 1.807) is 126 Å². The first-order valence-electron chi connectivity index (χ1n) is 30.7. The van der Waals surface area contributed by atoms with Crippen LogP contribution in [0.3, 0.4) is 0 Å². The van der Waals surface area contributed by atoms with Crippen molar-refractivity contribution in [3.05, 3.63) is 206 Å². The number of rotatable bonds is 14. The van der Waals surface area contributed by atoms with Gasteiger partial charge in [-0.25, -0.2) is 14.4 Å². The fraction of sp³-hybridized carbons (Fsp3) is 0.292. The van der Waals surface area contributed by atoms with Crippen LogP contribution in [0.4, 0.5) is 4.79 Å². The van der Waals surface area contributed by atoms with Gasteiger partial charge in [-0.15, -0.1) is 12.4 Å². The molecule has 2 aromatic heterocycles. The van der Waals surface area contributed by atoms with E-state index in [0.29, 0.717) is 139 Å². The first-order chi connectivity index (χ1) is 46.1. The molecule has 0 unspecified atom stereocenters. The molecule has 4 heterocycles. The highest BCUT2D eigenvalue weighted by Crippen LogP contribution is 2.48. The van der Waals surface area contributed by atoms with Gasteiger partial charge in [0, 0.05) is 121 Å². The number of ether oxygens (including phenoxy) is 4. The van der Waals surface area contributed by atoms with Crippen LogP contribution in [0, 0.1) is 23.7 Å². The predicted molar refractivity (Wildman–Crippen MR) is 372 cm³/mol. The van der Waals surface area contributed by atoms with Gasteiger partial charge in [0.05, 0.1) is 59.5 Å². The molecule has 2 N–H and O–H groups in total. The number of nitrogens with one attached hydrogen (secondary N) is 1. The SMILES string of the molecule is COC(=O)c1cc(C#Cc2ccc(OCc3c(-c4c(Cl)cccc4Cl)noc3C3CC3)cc2Cl)cc(C(=O)N2CCN(C(=O)OC(C)(C)C)CC2)c1.Cl.O=C(O)c1cc(C#Cc2ccc(OCc3c(-c4c(Cl)cccc4Cl)noc3C3CC3)cc2Cl)cc(C(=O)N2CCNCC2)c1. The third-order valence-electron chi connectivity index (χ3n) is 15.9. The van der Waals surface area contributed by atoms with Gasteiger partial charge in [-0.1, -0.05) is 116 Å². The predicted octanol–water partition coefficient (Wildman–Crippen LogP) is 16.0. The first kappa shape index (κ1) is 71.4. The van der Waals surface area contributed by atoms with Gasteiger partial charge in [0.2, 0.25) is 0 Å². The molecule has 2 saturated heterocycles. The molecule has 0 atom stereocenters. The monoisotopic (exact) mass is 1450 g/mol. The van der Waals surface area contributed by atoms with Gasteiger partial charge in [0.25, 0.3) is 11.8 Å². The van der Waals surface area contributed by atoms with E-state index in [9.17, 15) is 29.1 Å². The first-order valence-corrected chi connectivity index (χ1v) is 33.0. The number of piperazine rings is 2. The molecule has 0 spiro atoms. The molecule has 12 rings (SSSR count). The molecule has 4 fully saturated rings. The largest absolute Gasteiger partial charge is 0.489 e. The summed E-state index contributed by atoms with van der Waals surface area (Å²) in [6, 6.07) is 29.9. The molecule has 2 aliphatic carbocycles. The third-order valence-corrected chi connectivity index (χ3v) is 17.8. The van der Waals surface area contributed by atoms with E-state index in [-0.39, 0.29) is 71.5 Å². The number of benzene rings is 6. The Labute approximate surface area is 596 Å². The van der Waals surface area contributed by atoms with Crippen molar-refractivity contribution in [3.8, 4) is 57.7 Å². The van der Waals surface area contributed by atoms with E-state index in [4.69, 9.17) is 97.6 Å². The van der Waals surface area contributed by atoms with Crippen molar-refractivity contribution in [1.82, 2.24) is 30.3 Å². The van der Waals surface area contributed by atoms with Gasteiger partial charge in [0.1, 0.15) is 53.2 Å². The zero-order valence-electron chi connectivity index (χ0n) is 52.8. The van der Waals surface area contributed by atoms with Gasteiger partial charge in [-0.2, -0.15) is 0 Å². The average molecular weight is 1450 g/mol. The standard InChI is InChI=1S/C39H36Cl3N3O7.C33H26Cl3N3O5.ClH/c1-39(2,3)51-38(48)45-16-14-44(15-17-45)36(46)26-18-23(19-27(20-26)37(47)49-4)8-9-24-12-13-28(21-32(24)42)50-22-29-34(43-52-35(29)25-10-11-25)33-30(40)6-5-7-31(33)41;34-26-2-1-3-27(35)29(26)30-25(31(44-38-30)21-6-7-21)18-43-24-9-8-20(28(36)17-24)5-4-19-14-22(16-23(15-19)33(41)42)32(40)39-12-10-37-11-13-39;/h5-7,12-13,18-21,25H,10-11,14-17,22H2,1-4H3;1-3,8-9,14-17,21,37H,6-7,10-13,18H2,(H,41,42);1H. The summed E-state index contributed by atoms with van der Waals surface area (Å²) in [4.78, 5) is 68.3. The number of hydrogen-bond acceptors (Lipinski definition) is 14. The Balaban J connectivity index is 0.000000211. The minimum atomic E-state index is -1.14. The number of carboxylic acid groups (broad SMARTS) is 1. The number of aromatic carboxylic acids is 1. The number of amides is 3. The van der Waals surface area contributed by atoms with Crippen molar-refractivity contribution in [2.45, 2.75) is 77.1 Å². The molecule has 25 heteroatoms. The summed E-state index contributed by atoms with van der Waals surface area (Å²) in [5.41, 5.74) is 5.77. The van der Waals surface area contributed by atoms with E-state index >= 15 is 0 Å². The Morgan fingerprint density at radius 1 is 0.546 bits per heavy atom. The van der Waals surface area contributed by atoms with Crippen LogP contribution in [-0.4, -0.2) is 125 Å². The third kappa shape index (κ3) is 17.7. The highest BCUT2D eigenvalue weighted by molar-refractivity contribution is 6.40. The lowest BCUT2D eigenvalue weighted by atomic mass is 10.0. The lowest BCUT2D eigenvalue weighted by molar-refractivity contribution is 0.0140. The van der Waals surface area contributed by atoms with Gasteiger partial charge in [-0.05, 0) is 131 Å². The summed E-state index contributed by atoms with van der Waals surface area (Å²) < 4.78 is 34.1. The van der Waals surface area contributed by atoms with Gasteiger partial charge in [-0.3, -0.25) is 9.59 Å². The summed E-state index contributed by atoms with van der Waals surface area (Å²) >= 11 is 39.2.